The number of rotatable bonds is 8. The van der Waals surface area contributed by atoms with Crippen LogP contribution in [0, 0.1) is 23.2 Å². The largest absolute Gasteiger partial charge is 0.412 e. The van der Waals surface area contributed by atoms with Crippen LogP contribution < -0.4 is 5.32 Å². The van der Waals surface area contributed by atoms with Crippen LogP contribution in [0.15, 0.2) is 23.3 Å². The molecule has 1 aliphatic heterocycles. The predicted molar refractivity (Wildman–Crippen MR) is 125 cm³/mol. The third-order valence-corrected chi connectivity index (χ3v) is 7.10. The Labute approximate surface area is 188 Å². The Morgan fingerprint density at radius 3 is 2.50 bits per heavy atom. The van der Waals surface area contributed by atoms with Gasteiger partial charge >= 0.3 is 0 Å². The molecule has 1 fully saturated rings. The zero-order chi connectivity index (χ0) is 21.8. The van der Waals surface area contributed by atoms with Crippen LogP contribution in [0.1, 0.15) is 67.2 Å². The number of nitrogens with zero attached hydrogens (tertiary/aromatic N) is 1. The van der Waals surface area contributed by atoms with Crippen LogP contribution >= 0.6 is 11.6 Å². The maximum Gasteiger partial charge on any atom is 0.220 e. The summed E-state index contributed by atoms with van der Waals surface area (Å²) in [7, 11) is 0. The fourth-order valence-electron chi connectivity index (χ4n) is 4.63. The first kappa shape index (κ1) is 27.2. The molecule has 5 nitrogen and oxygen atoms in total. The second-order valence-corrected chi connectivity index (χ2v) is 10.9. The molecule has 0 radical (unpaired) electrons. The number of allylic oxidation sites excluding steroid dienone is 3. The van der Waals surface area contributed by atoms with Crippen molar-refractivity contribution in [3.63, 3.8) is 0 Å². The minimum Gasteiger partial charge on any atom is -0.412 e. The van der Waals surface area contributed by atoms with Gasteiger partial charge < -0.3 is 20.8 Å². The molecule has 6 heteroatoms. The van der Waals surface area contributed by atoms with Crippen molar-refractivity contribution in [3.05, 3.63) is 23.3 Å². The molecule has 0 aromatic rings. The molecule has 3 atom stereocenters. The number of piperidine rings is 1. The van der Waals surface area contributed by atoms with Crippen molar-refractivity contribution < 1.29 is 15.4 Å². The number of halogens is 1. The van der Waals surface area contributed by atoms with E-state index in [1.807, 2.05) is 12.2 Å². The monoisotopic (exact) mass is 442 g/mol. The van der Waals surface area contributed by atoms with E-state index in [-0.39, 0.29) is 28.8 Å². The molecule has 2 aliphatic rings. The fraction of sp³-hybridized carbons (Fsp3) is 0.792. The number of nitrogens with one attached hydrogen (secondary N) is 1. The molecule has 4 N–H and O–H groups in total. The number of aliphatic hydroxyl groups is 1. The van der Waals surface area contributed by atoms with E-state index < -0.39 is 5.60 Å². The van der Waals surface area contributed by atoms with Crippen molar-refractivity contribution in [1.29, 1.82) is 0 Å². The van der Waals surface area contributed by atoms with Crippen molar-refractivity contribution in [2.24, 2.45) is 23.2 Å². The first-order valence-corrected chi connectivity index (χ1v) is 11.6. The van der Waals surface area contributed by atoms with Gasteiger partial charge in [0.05, 0.1) is 5.60 Å². The second kappa shape index (κ2) is 11.1. The summed E-state index contributed by atoms with van der Waals surface area (Å²) in [4.78, 5) is 14.8. The summed E-state index contributed by atoms with van der Waals surface area (Å²) < 4.78 is 0. The van der Waals surface area contributed by atoms with E-state index in [0.717, 1.165) is 43.9 Å². The standard InChI is InChI=1S/C24H41ClN2O2.H2O/c1-17(2)7-12-22(28)26-21(18(3)4)15-27-14-13-24(29,23(5,6)16-27)19-8-10-20(25)11-9-19;/h8,10-11,17-19,21,29H,7,9,12-16H2,1-6H3,(H,26,28);1H2/t19?,21-,24-;/m0./s1. The molecule has 1 heterocycles. The molecular formula is C24H43ClN2O3. The minimum absolute atomic E-state index is 0. The Balaban J connectivity index is 0.00000450. The molecule has 30 heavy (non-hydrogen) atoms. The van der Waals surface area contributed by atoms with Crippen molar-refractivity contribution >= 4 is 17.5 Å². The van der Waals surface area contributed by atoms with E-state index in [0.29, 0.717) is 18.3 Å². The van der Waals surface area contributed by atoms with Gasteiger partial charge in [-0.25, -0.2) is 0 Å². The SMILES string of the molecule is CC(C)CCC(=O)N[C@@H](CN1CC[C@](O)(C2C=CC(Cl)=CC2)C(C)(C)C1)C(C)C.O. The molecule has 0 aromatic heterocycles. The van der Waals surface area contributed by atoms with Gasteiger partial charge in [0.15, 0.2) is 0 Å². The van der Waals surface area contributed by atoms with Gasteiger partial charge in [0.1, 0.15) is 0 Å². The Morgan fingerprint density at radius 1 is 1.33 bits per heavy atom. The lowest BCUT2D eigenvalue weighted by Gasteiger charge is -2.54. The third kappa shape index (κ3) is 6.81. The Hall–Kier alpha value is -0.880. The van der Waals surface area contributed by atoms with Crippen LogP contribution in [-0.4, -0.2) is 52.7 Å². The molecule has 0 saturated carbocycles. The molecular weight excluding hydrogens is 400 g/mol. The van der Waals surface area contributed by atoms with Gasteiger partial charge in [-0.2, -0.15) is 0 Å². The average molecular weight is 443 g/mol. The topological polar surface area (TPSA) is 84.1 Å². The quantitative estimate of drug-likeness (QED) is 0.597. The molecule has 0 aromatic carbocycles. The van der Waals surface area contributed by atoms with Gasteiger partial charge in [-0.1, -0.05) is 65.3 Å². The summed E-state index contributed by atoms with van der Waals surface area (Å²) in [5.41, 5.74) is -0.997. The summed E-state index contributed by atoms with van der Waals surface area (Å²) >= 11 is 6.08. The van der Waals surface area contributed by atoms with Crippen LogP contribution in [0.4, 0.5) is 0 Å². The summed E-state index contributed by atoms with van der Waals surface area (Å²) in [6.07, 6.45) is 9.03. The second-order valence-electron chi connectivity index (χ2n) is 10.4. The summed E-state index contributed by atoms with van der Waals surface area (Å²) in [6, 6.07) is 0.132. The maximum atomic E-state index is 12.4. The first-order chi connectivity index (χ1) is 13.4. The van der Waals surface area contributed by atoms with E-state index in [4.69, 9.17) is 11.6 Å². The fourth-order valence-corrected chi connectivity index (χ4v) is 4.80. The molecule has 174 valence electrons. The Bertz CT molecular complexity index is 630. The van der Waals surface area contributed by atoms with Gasteiger partial charge in [0, 0.05) is 48.5 Å². The number of likely N-dealkylation sites (tertiary alicyclic amines) is 1. The van der Waals surface area contributed by atoms with Crippen LogP contribution in [0.2, 0.25) is 0 Å². The van der Waals surface area contributed by atoms with Gasteiger partial charge in [-0.15, -0.1) is 0 Å². The maximum absolute atomic E-state index is 12.4. The highest BCUT2D eigenvalue weighted by Gasteiger charge is 2.51. The lowest BCUT2D eigenvalue weighted by atomic mass is 9.62. The molecule has 2 rings (SSSR count). The van der Waals surface area contributed by atoms with E-state index in [1.165, 1.54) is 0 Å². The van der Waals surface area contributed by atoms with Crippen molar-refractivity contribution in [2.75, 3.05) is 19.6 Å². The summed E-state index contributed by atoms with van der Waals surface area (Å²) in [5, 5.41) is 15.6. The van der Waals surface area contributed by atoms with Gasteiger partial charge in [-0.05, 0) is 37.2 Å². The Kier molecular flexibility index (Phi) is 10.1. The highest BCUT2D eigenvalue weighted by atomic mass is 35.5. The Morgan fingerprint density at radius 2 is 2.00 bits per heavy atom. The van der Waals surface area contributed by atoms with Gasteiger partial charge in [-0.3, -0.25) is 4.79 Å². The summed E-state index contributed by atoms with van der Waals surface area (Å²) in [6.45, 7) is 15.4. The predicted octanol–water partition coefficient (Wildman–Crippen LogP) is 3.90. The summed E-state index contributed by atoms with van der Waals surface area (Å²) in [5.74, 6) is 1.16. The van der Waals surface area contributed by atoms with Crippen LogP contribution in [0.5, 0.6) is 0 Å². The van der Waals surface area contributed by atoms with Crippen molar-refractivity contribution in [2.45, 2.75) is 78.9 Å². The van der Waals surface area contributed by atoms with Crippen LogP contribution in [0.25, 0.3) is 0 Å². The number of carbonyl (C=O) groups excluding carboxylic acids is 1. The van der Waals surface area contributed by atoms with E-state index in [9.17, 15) is 9.90 Å². The third-order valence-electron chi connectivity index (χ3n) is 6.82. The number of hydrogen-bond donors (Lipinski definition) is 2. The van der Waals surface area contributed by atoms with Gasteiger partial charge in [0.25, 0.3) is 0 Å². The van der Waals surface area contributed by atoms with Crippen LogP contribution in [0.3, 0.4) is 0 Å². The van der Waals surface area contributed by atoms with Gasteiger partial charge in [0.2, 0.25) is 5.91 Å². The van der Waals surface area contributed by atoms with Crippen molar-refractivity contribution in [3.8, 4) is 0 Å². The highest BCUT2D eigenvalue weighted by Crippen LogP contribution is 2.46. The van der Waals surface area contributed by atoms with Crippen LogP contribution in [-0.2, 0) is 4.79 Å². The molecule has 0 bridgehead atoms. The average Bonchev–Trinajstić information content (AvgIpc) is 2.62. The van der Waals surface area contributed by atoms with Crippen molar-refractivity contribution in [1.82, 2.24) is 10.2 Å². The molecule has 1 amide bonds. The molecule has 1 aliphatic carbocycles. The number of carbonyl (C=O) groups is 1. The normalized spacial score (nSPS) is 27.5. The lowest BCUT2D eigenvalue weighted by Crippen LogP contribution is -2.62. The number of amides is 1. The smallest absolute Gasteiger partial charge is 0.220 e. The van der Waals surface area contributed by atoms with E-state index in [1.54, 1.807) is 0 Å². The lowest BCUT2D eigenvalue weighted by molar-refractivity contribution is -0.145. The van der Waals surface area contributed by atoms with E-state index in [2.05, 4.69) is 57.8 Å². The molecule has 1 unspecified atom stereocenters. The highest BCUT2D eigenvalue weighted by molar-refractivity contribution is 6.31. The molecule has 1 saturated heterocycles. The minimum atomic E-state index is -0.748. The zero-order valence-electron chi connectivity index (χ0n) is 19.7. The number of hydrogen-bond acceptors (Lipinski definition) is 3. The first-order valence-electron chi connectivity index (χ1n) is 11.2. The zero-order valence-corrected chi connectivity index (χ0v) is 20.4. The molecule has 0 spiro atoms. The van der Waals surface area contributed by atoms with E-state index >= 15 is 0 Å².